The van der Waals surface area contributed by atoms with E-state index in [4.69, 9.17) is 5.11 Å². The molecule has 1 heterocycles. The molecule has 2 rings (SSSR count). The van der Waals surface area contributed by atoms with Gasteiger partial charge in [0.15, 0.2) is 0 Å². The highest BCUT2D eigenvalue weighted by molar-refractivity contribution is 5.92. The lowest BCUT2D eigenvalue weighted by Crippen LogP contribution is -2.37. The number of benzene rings is 1. The zero-order valence-electron chi connectivity index (χ0n) is 10.6. The van der Waals surface area contributed by atoms with E-state index in [1.165, 1.54) is 22.8 Å². The van der Waals surface area contributed by atoms with E-state index in [9.17, 15) is 14.4 Å². The Kier molecular flexibility index (Phi) is 3.25. The fourth-order valence-electron chi connectivity index (χ4n) is 1.98. The largest absolute Gasteiger partial charge is 0.478 e. The van der Waals surface area contributed by atoms with Crippen LogP contribution in [0.1, 0.15) is 36.7 Å². The number of fused-ring (bicyclic) bond motifs is 1. The van der Waals surface area contributed by atoms with Gasteiger partial charge in [-0.25, -0.2) is 4.79 Å². The van der Waals surface area contributed by atoms with Crippen LogP contribution >= 0.6 is 0 Å². The van der Waals surface area contributed by atoms with Crippen molar-refractivity contribution >= 4 is 17.0 Å². The molecular weight excluding hydrogens is 248 g/mol. The van der Waals surface area contributed by atoms with Gasteiger partial charge < -0.3 is 10.1 Å². The quantitative estimate of drug-likeness (QED) is 0.817. The van der Waals surface area contributed by atoms with Gasteiger partial charge in [0.2, 0.25) is 0 Å². The molecule has 0 aliphatic carbocycles. The zero-order valence-corrected chi connectivity index (χ0v) is 10.6. The summed E-state index contributed by atoms with van der Waals surface area (Å²) in [5, 5.41) is 9.00. The van der Waals surface area contributed by atoms with Gasteiger partial charge in [0.1, 0.15) is 0 Å². The van der Waals surface area contributed by atoms with Crippen LogP contribution in [0.3, 0.4) is 0 Å². The number of aromatic amines is 1. The minimum Gasteiger partial charge on any atom is -0.478 e. The van der Waals surface area contributed by atoms with E-state index in [-0.39, 0.29) is 11.6 Å². The van der Waals surface area contributed by atoms with E-state index in [2.05, 4.69) is 4.98 Å². The molecule has 1 unspecified atom stereocenters. The van der Waals surface area contributed by atoms with Crippen molar-refractivity contribution in [1.29, 1.82) is 0 Å². The molecular formula is C13H14N2O4. The standard InChI is InChI=1S/C13H14N2O4/c1-3-7(2)15-10-6-8(13(18)19)4-5-9(10)14-11(16)12(15)17/h4-7H,3H2,1-2H3,(H,14,16)(H,18,19). The van der Waals surface area contributed by atoms with Crippen LogP contribution in [-0.2, 0) is 0 Å². The topological polar surface area (TPSA) is 92.2 Å². The second-order valence-electron chi connectivity index (χ2n) is 4.42. The Morgan fingerprint density at radius 1 is 1.42 bits per heavy atom. The summed E-state index contributed by atoms with van der Waals surface area (Å²) >= 11 is 0. The summed E-state index contributed by atoms with van der Waals surface area (Å²) in [6.45, 7) is 3.71. The number of nitrogens with one attached hydrogen (secondary N) is 1. The Hall–Kier alpha value is -2.37. The summed E-state index contributed by atoms with van der Waals surface area (Å²) in [4.78, 5) is 37.0. The van der Waals surface area contributed by atoms with Crippen LogP contribution < -0.4 is 11.1 Å². The molecule has 6 nitrogen and oxygen atoms in total. The Morgan fingerprint density at radius 2 is 2.11 bits per heavy atom. The van der Waals surface area contributed by atoms with Gasteiger partial charge in [-0.1, -0.05) is 6.92 Å². The van der Waals surface area contributed by atoms with Crippen LogP contribution in [0.4, 0.5) is 0 Å². The molecule has 0 saturated heterocycles. The molecule has 0 amide bonds. The summed E-state index contributed by atoms with van der Waals surface area (Å²) in [7, 11) is 0. The van der Waals surface area contributed by atoms with Crippen LogP contribution in [0.25, 0.3) is 11.0 Å². The predicted molar refractivity (Wildman–Crippen MR) is 70.8 cm³/mol. The maximum absolute atomic E-state index is 11.9. The first-order valence-corrected chi connectivity index (χ1v) is 5.97. The van der Waals surface area contributed by atoms with Crippen molar-refractivity contribution in [1.82, 2.24) is 9.55 Å². The number of H-pyrrole nitrogens is 1. The van der Waals surface area contributed by atoms with Crippen molar-refractivity contribution in [2.24, 2.45) is 0 Å². The molecule has 0 spiro atoms. The highest BCUT2D eigenvalue weighted by Gasteiger charge is 2.14. The number of aromatic carboxylic acids is 1. The van der Waals surface area contributed by atoms with Gasteiger partial charge in [-0.05, 0) is 31.5 Å². The van der Waals surface area contributed by atoms with Crippen LogP contribution in [0.5, 0.6) is 0 Å². The first-order valence-electron chi connectivity index (χ1n) is 5.97. The Bertz CT molecular complexity index is 757. The van der Waals surface area contributed by atoms with Crippen molar-refractivity contribution in [3.8, 4) is 0 Å². The maximum atomic E-state index is 11.9. The van der Waals surface area contributed by atoms with Gasteiger partial charge in [-0.3, -0.25) is 14.2 Å². The van der Waals surface area contributed by atoms with Crippen LogP contribution in [-0.4, -0.2) is 20.6 Å². The van der Waals surface area contributed by atoms with Crippen molar-refractivity contribution in [3.63, 3.8) is 0 Å². The molecule has 6 heteroatoms. The van der Waals surface area contributed by atoms with Crippen molar-refractivity contribution in [2.45, 2.75) is 26.3 Å². The molecule has 0 radical (unpaired) electrons. The van der Waals surface area contributed by atoms with Gasteiger partial charge in [0.25, 0.3) is 0 Å². The number of carboxylic acid groups (broad SMARTS) is 1. The molecule has 2 aromatic rings. The minimum absolute atomic E-state index is 0.0796. The van der Waals surface area contributed by atoms with Crippen molar-refractivity contribution in [3.05, 3.63) is 44.5 Å². The van der Waals surface area contributed by atoms with Crippen LogP contribution in [0.2, 0.25) is 0 Å². The van der Waals surface area contributed by atoms with Gasteiger partial charge in [0.05, 0.1) is 16.6 Å². The molecule has 0 bridgehead atoms. The summed E-state index contributed by atoms with van der Waals surface area (Å²) in [5.74, 6) is -1.07. The third-order valence-corrected chi connectivity index (χ3v) is 3.20. The number of aromatic nitrogens is 2. The van der Waals surface area contributed by atoms with Gasteiger partial charge in [0, 0.05) is 6.04 Å². The minimum atomic E-state index is -1.07. The average molecular weight is 262 g/mol. The smallest absolute Gasteiger partial charge is 0.335 e. The lowest BCUT2D eigenvalue weighted by Gasteiger charge is -2.15. The molecule has 0 aliphatic heterocycles. The van der Waals surface area contributed by atoms with E-state index in [0.717, 1.165) is 0 Å². The first-order chi connectivity index (χ1) is 8.95. The van der Waals surface area contributed by atoms with Crippen LogP contribution in [0.15, 0.2) is 27.8 Å². The molecule has 2 N–H and O–H groups in total. The number of carboxylic acids is 1. The maximum Gasteiger partial charge on any atom is 0.335 e. The third-order valence-electron chi connectivity index (χ3n) is 3.20. The fraction of sp³-hybridized carbons (Fsp3) is 0.308. The molecule has 1 aromatic heterocycles. The Morgan fingerprint density at radius 3 is 2.68 bits per heavy atom. The molecule has 0 aliphatic rings. The van der Waals surface area contributed by atoms with E-state index in [0.29, 0.717) is 17.5 Å². The number of carbonyl (C=O) groups is 1. The average Bonchev–Trinajstić information content (AvgIpc) is 2.39. The van der Waals surface area contributed by atoms with E-state index in [1.54, 1.807) is 0 Å². The summed E-state index contributed by atoms with van der Waals surface area (Å²) in [6.07, 6.45) is 0.662. The number of nitrogens with zero attached hydrogens (tertiary/aromatic N) is 1. The van der Waals surface area contributed by atoms with Crippen LogP contribution in [0, 0.1) is 0 Å². The molecule has 0 fully saturated rings. The second-order valence-corrected chi connectivity index (χ2v) is 4.42. The van der Waals surface area contributed by atoms with Gasteiger partial charge in [-0.2, -0.15) is 0 Å². The monoisotopic (exact) mass is 262 g/mol. The number of rotatable bonds is 3. The normalized spacial score (nSPS) is 12.5. The first kappa shape index (κ1) is 13.1. The van der Waals surface area contributed by atoms with Crippen molar-refractivity contribution in [2.75, 3.05) is 0 Å². The second kappa shape index (κ2) is 4.72. The van der Waals surface area contributed by atoms with Crippen molar-refractivity contribution < 1.29 is 9.90 Å². The summed E-state index contributed by atoms with van der Waals surface area (Å²) in [5.41, 5.74) is -0.398. The summed E-state index contributed by atoms with van der Waals surface area (Å²) in [6, 6.07) is 4.12. The SMILES string of the molecule is CCC(C)n1c(=O)c(=O)[nH]c2ccc(C(=O)O)cc21. The zero-order chi connectivity index (χ0) is 14.2. The van der Waals surface area contributed by atoms with E-state index >= 15 is 0 Å². The van der Waals surface area contributed by atoms with E-state index < -0.39 is 17.1 Å². The highest BCUT2D eigenvalue weighted by Crippen LogP contribution is 2.17. The Balaban J connectivity index is 2.91. The van der Waals surface area contributed by atoms with Gasteiger partial charge in [-0.15, -0.1) is 0 Å². The third kappa shape index (κ3) is 2.16. The summed E-state index contributed by atoms with van der Waals surface area (Å²) < 4.78 is 1.35. The fourth-order valence-corrected chi connectivity index (χ4v) is 1.98. The lowest BCUT2D eigenvalue weighted by atomic mass is 10.1. The van der Waals surface area contributed by atoms with Gasteiger partial charge >= 0.3 is 17.1 Å². The molecule has 100 valence electrons. The predicted octanol–water partition coefficient (Wildman–Crippen LogP) is 1.36. The number of hydrogen-bond acceptors (Lipinski definition) is 3. The number of hydrogen-bond donors (Lipinski definition) is 2. The highest BCUT2D eigenvalue weighted by atomic mass is 16.4. The lowest BCUT2D eigenvalue weighted by molar-refractivity contribution is 0.0697. The van der Waals surface area contributed by atoms with E-state index in [1.807, 2.05) is 13.8 Å². The molecule has 0 saturated carbocycles. The Labute approximate surface area is 108 Å². The molecule has 1 atom stereocenters. The molecule has 19 heavy (non-hydrogen) atoms. The molecule has 1 aromatic carbocycles.